The summed E-state index contributed by atoms with van der Waals surface area (Å²) in [5.41, 5.74) is -0.0110. The van der Waals surface area contributed by atoms with Crippen LogP contribution in [-0.4, -0.2) is 23.9 Å². The molecule has 0 radical (unpaired) electrons. The van der Waals surface area contributed by atoms with Crippen LogP contribution in [0.4, 0.5) is 0 Å². The third kappa shape index (κ3) is 3.55. The normalized spacial score (nSPS) is 15.3. The lowest BCUT2D eigenvalue weighted by Crippen LogP contribution is -2.39. The van der Waals surface area contributed by atoms with Gasteiger partial charge in [0.2, 0.25) is 0 Å². The highest BCUT2D eigenvalue weighted by molar-refractivity contribution is 9.10. The predicted octanol–water partition coefficient (Wildman–Crippen LogP) is 3.05. The van der Waals surface area contributed by atoms with E-state index in [1.807, 2.05) is 6.07 Å². The highest BCUT2D eigenvalue weighted by atomic mass is 79.9. The smallest absolute Gasteiger partial charge is 0.270 e. The number of rotatable bonds is 3. The third-order valence-electron chi connectivity index (χ3n) is 2.76. The van der Waals surface area contributed by atoms with Gasteiger partial charge in [-0.1, -0.05) is 11.6 Å². The molecule has 0 saturated heterocycles. The number of halogens is 2. The number of carbonyl (C=O) groups is 1. The Bertz CT molecular complexity index is 665. The average molecular weight is 371 g/mol. The van der Waals surface area contributed by atoms with Crippen molar-refractivity contribution in [1.82, 2.24) is 5.32 Å². The SMILES string of the molecule is CC1(C)N=C(C(=O)NCCC#N)c2cc(Br)c(Cl)cc2O1. The molecule has 1 amide bonds. The molecule has 1 aromatic carbocycles. The largest absolute Gasteiger partial charge is 0.466 e. The number of carbonyl (C=O) groups excluding carboxylic acids is 1. The van der Waals surface area contributed by atoms with Gasteiger partial charge in [0.25, 0.3) is 5.91 Å². The summed E-state index contributed by atoms with van der Waals surface area (Å²) in [5.74, 6) is 0.172. The fourth-order valence-corrected chi connectivity index (χ4v) is 2.41. The van der Waals surface area contributed by atoms with Crippen LogP contribution in [-0.2, 0) is 4.79 Å². The van der Waals surface area contributed by atoms with Gasteiger partial charge in [-0.2, -0.15) is 5.26 Å². The van der Waals surface area contributed by atoms with E-state index >= 15 is 0 Å². The summed E-state index contributed by atoms with van der Waals surface area (Å²) in [4.78, 5) is 16.6. The molecular formula is C14H13BrClN3O2. The number of nitriles is 1. The number of hydrogen-bond donors (Lipinski definition) is 1. The first-order chi connectivity index (χ1) is 9.84. The summed E-state index contributed by atoms with van der Waals surface area (Å²) in [5, 5.41) is 11.7. The van der Waals surface area contributed by atoms with E-state index in [1.165, 1.54) is 0 Å². The number of ether oxygens (including phenoxy) is 1. The van der Waals surface area contributed by atoms with Gasteiger partial charge in [-0.05, 0) is 35.8 Å². The first-order valence-corrected chi connectivity index (χ1v) is 7.44. The molecule has 21 heavy (non-hydrogen) atoms. The number of amides is 1. The molecule has 0 spiro atoms. The monoisotopic (exact) mass is 369 g/mol. The Labute approximate surface area is 136 Å². The summed E-state index contributed by atoms with van der Waals surface area (Å²) in [7, 11) is 0. The lowest BCUT2D eigenvalue weighted by molar-refractivity contribution is -0.114. The zero-order valence-electron chi connectivity index (χ0n) is 11.5. The molecule has 2 rings (SSSR count). The average Bonchev–Trinajstić information content (AvgIpc) is 2.39. The Morgan fingerprint density at radius 2 is 2.29 bits per heavy atom. The van der Waals surface area contributed by atoms with E-state index < -0.39 is 5.72 Å². The van der Waals surface area contributed by atoms with Crippen LogP contribution in [0, 0.1) is 11.3 Å². The van der Waals surface area contributed by atoms with Gasteiger partial charge in [0.1, 0.15) is 11.5 Å². The van der Waals surface area contributed by atoms with Crippen LogP contribution in [0.15, 0.2) is 21.6 Å². The van der Waals surface area contributed by atoms with Crippen molar-refractivity contribution in [2.75, 3.05) is 6.54 Å². The molecule has 1 heterocycles. The van der Waals surface area contributed by atoms with Crippen molar-refractivity contribution in [1.29, 1.82) is 5.26 Å². The number of benzene rings is 1. The molecule has 1 aliphatic rings. The zero-order valence-corrected chi connectivity index (χ0v) is 13.9. The molecule has 7 heteroatoms. The number of fused-ring (bicyclic) bond motifs is 1. The molecule has 1 aliphatic heterocycles. The second-order valence-corrected chi connectivity index (χ2v) is 6.20. The molecular weight excluding hydrogens is 358 g/mol. The van der Waals surface area contributed by atoms with Gasteiger partial charge in [0.15, 0.2) is 5.72 Å². The van der Waals surface area contributed by atoms with Gasteiger partial charge in [0.05, 0.1) is 17.5 Å². The standard InChI is InChI=1S/C14H13BrClN3O2/c1-14(2)19-12(13(20)18-5-3-4-17)8-6-9(15)10(16)7-11(8)21-14/h6-7H,3,5H2,1-2H3,(H,18,20). The Morgan fingerprint density at radius 1 is 1.57 bits per heavy atom. The number of aliphatic imine (C=N–C) groups is 1. The minimum Gasteiger partial charge on any atom is -0.466 e. The summed E-state index contributed by atoms with van der Waals surface area (Å²) in [6.07, 6.45) is 0.246. The maximum absolute atomic E-state index is 12.3. The first kappa shape index (κ1) is 15.8. The highest BCUT2D eigenvalue weighted by Gasteiger charge is 2.31. The molecule has 5 nitrogen and oxygen atoms in total. The Hall–Kier alpha value is -1.58. The molecule has 0 bridgehead atoms. The summed E-state index contributed by atoms with van der Waals surface area (Å²) in [6, 6.07) is 5.33. The van der Waals surface area contributed by atoms with E-state index in [9.17, 15) is 4.79 Å². The molecule has 0 atom stereocenters. The molecule has 0 aliphatic carbocycles. The summed E-state index contributed by atoms with van der Waals surface area (Å²) in [6.45, 7) is 3.79. The first-order valence-electron chi connectivity index (χ1n) is 6.27. The van der Waals surface area contributed by atoms with E-state index in [4.69, 9.17) is 21.6 Å². The van der Waals surface area contributed by atoms with Crippen molar-refractivity contribution in [3.63, 3.8) is 0 Å². The quantitative estimate of drug-likeness (QED) is 0.831. The Kier molecular flexibility index (Phi) is 4.55. The van der Waals surface area contributed by atoms with Crippen LogP contribution >= 0.6 is 27.5 Å². The van der Waals surface area contributed by atoms with Crippen LogP contribution in [0.2, 0.25) is 5.02 Å². The third-order valence-corrected chi connectivity index (χ3v) is 3.95. The van der Waals surface area contributed by atoms with Crippen molar-refractivity contribution in [3.05, 3.63) is 27.2 Å². The fraction of sp³-hybridized carbons (Fsp3) is 0.357. The number of nitrogens with one attached hydrogen (secondary N) is 1. The van der Waals surface area contributed by atoms with Gasteiger partial charge >= 0.3 is 0 Å². The van der Waals surface area contributed by atoms with Crippen molar-refractivity contribution in [2.24, 2.45) is 4.99 Å². The van der Waals surface area contributed by atoms with Gasteiger partial charge in [0, 0.05) is 22.6 Å². The van der Waals surface area contributed by atoms with Crippen molar-refractivity contribution in [2.45, 2.75) is 26.0 Å². The molecule has 0 fully saturated rings. The summed E-state index contributed by atoms with van der Waals surface area (Å²) >= 11 is 9.39. The molecule has 0 saturated carbocycles. The number of hydrogen-bond acceptors (Lipinski definition) is 4. The van der Waals surface area contributed by atoms with Crippen LogP contribution < -0.4 is 10.1 Å². The minimum atomic E-state index is -0.855. The van der Waals surface area contributed by atoms with E-state index in [1.54, 1.807) is 26.0 Å². The van der Waals surface area contributed by atoms with E-state index in [2.05, 4.69) is 26.2 Å². The minimum absolute atomic E-state index is 0.246. The molecule has 0 aromatic heterocycles. The zero-order chi connectivity index (χ0) is 15.6. The van der Waals surface area contributed by atoms with Gasteiger partial charge < -0.3 is 10.1 Å². The van der Waals surface area contributed by atoms with Crippen LogP contribution in [0.3, 0.4) is 0 Å². The molecule has 110 valence electrons. The molecule has 1 aromatic rings. The molecule has 0 unspecified atom stereocenters. The number of nitrogens with zero attached hydrogens (tertiary/aromatic N) is 2. The molecule has 1 N–H and O–H groups in total. The predicted molar refractivity (Wildman–Crippen MR) is 83.6 cm³/mol. The highest BCUT2D eigenvalue weighted by Crippen LogP contribution is 2.36. The second kappa shape index (κ2) is 6.04. The fourth-order valence-electron chi connectivity index (χ4n) is 1.91. The lowest BCUT2D eigenvalue weighted by Gasteiger charge is -2.30. The maximum atomic E-state index is 12.3. The lowest BCUT2D eigenvalue weighted by atomic mass is 10.0. The van der Waals surface area contributed by atoms with Crippen molar-refractivity contribution < 1.29 is 9.53 Å². The van der Waals surface area contributed by atoms with Crippen LogP contribution in [0.25, 0.3) is 0 Å². The second-order valence-electron chi connectivity index (χ2n) is 4.94. The Morgan fingerprint density at radius 3 is 2.95 bits per heavy atom. The van der Waals surface area contributed by atoms with E-state index in [0.29, 0.717) is 20.8 Å². The van der Waals surface area contributed by atoms with Crippen molar-refractivity contribution in [3.8, 4) is 11.8 Å². The van der Waals surface area contributed by atoms with Crippen LogP contribution in [0.5, 0.6) is 5.75 Å². The van der Waals surface area contributed by atoms with Crippen molar-refractivity contribution >= 4 is 39.1 Å². The van der Waals surface area contributed by atoms with E-state index in [-0.39, 0.29) is 24.6 Å². The van der Waals surface area contributed by atoms with Gasteiger partial charge in [-0.15, -0.1) is 0 Å². The van der Waals surface area contributed by atoms with Gasteiger partial charge in [-0.25, -0.2) is 4.99 Å². The maximum Gasteiger partial charge on any atom is 0.270 e. The van der Waals surface area contributed by atoms with Crippen LogP contribution in [0.1, 0.15) is 25.8 Å². The Balaban J connectivity index is 2.40. The van der Waals surface area contributed by atoms with Gasteiger partial charge in [-0.3, -0.25) is 4.79 Å². The summed E-state index contributed by atoms with van der Waals surface area (Å²) < 4.78 is 6.39. The topological polar surface area (TPSA) is 74.5 Å². The van der Waals surface area contributed by atoms with E-state index in [0.717, 1.165) is 0 Å².